The summed E-state index contributed by atoms with van der Waals surface area (Å²) in [6.45, 7) is 0.618. The molecule has 36 heavy (non-hydrogen) atoms. The van der Waals surface area contributed by atoms with E-state index in [9.17, 15) is 31.1 Å². The molecular formula is C20H18F6N4O5S. The van der Waals surface area contributed by atoms with Gasteiger partial charge in [0.05, 0.1) is 10.2 Å². The highest BCUT2D eigenvalue weighted by Gasteiger charge is 2.38. The number of carbonyl (C=O) groups is 3. The Morgan fingerprint density at radius 2 is 1.56 bits per heavy atom. The normalized spacial score (nSPS) is 11.0. The number of fused-ring (bicyclic) bond motifs is 1. The van der Waals surface area contributed by atoms with Gasteiger partial charge in [0.2, 0.25) is 0 Å². The molecule has 0 saturated heterocycles. The number of likely N-dealkylation sites (N-methyl/N-ethyl adjacent to an activating group) is 1. The molecule has 2 heterocycles. The van der Waals surface area contributed by atoms with Crippen LogP contribution in [-0.4, -0.2) is 68.9 Å². The first kappa shape index (κ1) is 30.1. The zero-order valence-electron chi connectivity index (χ0n) is 18.2. The summed E-state index contributed by atoms with van der Waals surface area (Å²) >= 11 is 1.42. The number of carboxylic acid groups (broad SMARTS) is 2. The van der Waals surface area contributed by atoms with Gasteiger partial charge in [0.25, 0.3) is 5.91 Å². The summed E-state index contributed by atoms with van der Waals surface area (Å²) < 4.78 is 64.5. The summed E-state index contributed by atoms with van der Waals surface area (Å²) in [4.78, 5) is 40.4. The molecule has 0 saturated carbocycles. The van der Waals surface area contributed by atoms with Gasteiger partial charge in [-0.05, 0) is 30.3 Å². The van der Waals surface area contributed by atoms with Crippen molar-refractivity contribution in [2.24, 2.45) is 0 Å². The molecule has 3 rings (SSSR count). The largest absolute Gasteiger partial charge is 0.490 e. The van der Waals surface area contributed by atoms with Crippen LogP contribution in [0.25, 0.3) is 10.2 Å². The third kappa shape index (κ3) is 10.1. The van der Waals surface area contributed by atoms with Gasteiger partial charge in [0.1, 0.15) is 0 Å². The van der Waals surface area contributed by atoms with Crippen LogP contribution in [0.4, 0.5) is 31.5 Å². The van der Waals surface area contributed by atoms with Gasteiger partial charge < -0.3 is 20.8 Å². The minimum Gasteiger partial charge on any atom is -0.475 e. The zero-order valence-corrected chi connectivity index (χ0v) is 19.0. The second-order valence-corrected chi connectivity index (χ2v) is 7.70. The van der Waals surface area contributed by atoms with Crippen LogP contribution in [0.2, 0.25) is 0 Å². The lowest BCUT2D eigenvalue weighted by Crippen LogP contribution is -2.28. The predicted molar refractivity (Wildman–Crippen MR) is 116 cm³/mol. The van der Waals surface area contributed by atoms with Crippen LogP contribution in [-0.2, 0) is 16.0 Å². The fourth-order valence-corrected chi connectivity index (χ4v) is 2.94. The molecule has 0 atom stereocenters. The van der Waals surface area contributed by atoms with Crippen LogP contribution in [0.1, 0.15) is 16.1 Å². The molecule has 3 aromatic rings. The topological polar surface area (TPSA) is 147 Å². The number of rotatable bonds is 4. The molecule has 2 aromatic heterocycles. The Hall–Kier alpha value is -3.95. The molecule has 0 fully saturated rings. The molecule has 0 aliphatic rings. The number of carbonyl (C=O) groups excluding carboxylic acids is 1. The standard InChI is InChI=1S/C16H16N4OS.2C2HF3O2/c1-20(9-7-12-4-2-3-8-18-12)15(21)11-5-6-14-13(10-11)19-16(17)22-14;2*3-2(4,5)1(6)7/h2-6,8,10H,7,9H2,1H3,(H2,17,19);2*(H,6,7). The summed E-state index contributed by atoms with van der Waals surface area (Å²) in [6, 6.07) is 11.3. The van der Waals surface area contributed by atoms with Crippen molar-refractivity contribution in [1.29, 1.82) is 0 Å². The number of benzene rings is 1. The van der Waals surface area contributed by atoms with Crippen LogP contribution in [0.15, 0.2) is 42.6 Å². The number of aromatic nitrogens is 2. The smallest absolute Gasteiger partial charge is 0.475 e. The number of nitrogens with two attached hydrogens (primary N) is 1. The summed E-state index contributed by atoms with van der Waals surface area (Å²) in [5, 5.41) is 14.8. The van der Waals surface area contributed by atoms with Gasteiger partial charge >= 0.3 is 24.3 Å². The highest BCUT2D eigenvalue weighted by atomic mass is 32.1. The molecule has 0 aliphatic carbocycles. The number of nitrogens with zero attached hydrogens (tertiary/aromatic N) is 3. The Kier molecular flexibility index (Phi) is 10.6. The van der Waals surface area contributed by atoms with E-state index in [0.717, 1.165) is 22.3 Å². The number of hydrogen-bond donors (Lipinski definition) is 3. The monoisotopic (exact) mass is 540 g/mol. The highest BCUT2D eigenvalue weighted by molar-refractivity contribution is 7.22. The summed E-state index contributed by atoms with van der Waals surface area (Å²) in [6.07, 6.45) is -7.67. The van der Waals surface area contributed by atoms with E-state index in [1.165, 1.54) is 11.3 Å². The van der Waals surface area contributed by atoms with Gasteiger partial charge in [-0.2, -0.15) is 26.3 Å². The Labute approximate surface area is 202 Å². The van der Waals surface area contributed by atoms with Gasteiger partial charge in [0, 0.05) is 37.5 Å². The van der Waals surface area contributed by atoms with Crippen molar-refractivity contribution in [1.82, 2.24) is 14.9 Å². The molecule has 196 valence electrons. The number of carboxylic acids is 2. The number of amides is 1. The summed E-state index contributed by atoms with van der Waals surface area (Å²) in [7, 11) is 1.80. The SMILES string of the molecule is CN(CCc1ccccn1)C(=O)c1ccc2sc(N)nc2c1.O=C(O)C(F)(F)F.O=C(O)C(F)(F)F. The molecule has 1 amide bonds. The van der Waals surface area contributed by atoms with Crippen molar-refractivity contribution >= 4 is 44.5 Å². The Balaban J connectivity index is 0.000000383. The van der Waals surface area contributed by atoms with E-state index in [0.29, 0.717) is 17.2 Å². The maximum Gasteiger partial charge on any atom is 0.490 e. The highest BCUT2D eigenvalue weighted by Crippen LogP contribution is 2.24. The molecule has 0 bridgehead atoms. The van der Waals surface area contributed by atoms with Crippen LogP contribution in [0.5, 0.6) is 0 Å². The zero-order chi connectivity index (χ0) is 27.7. The third-order valence-electron chi connectivity index (χ3n) is 3.91. The second kappa shape index (κ2) is 12.7. The van der Waals surface area contributed by atoms with Crippen LogP contribution >= 0.6 is 11.3 Å². The van der Waals surface area contributed by atoms with Crippen molar-refractivity contribution in [3.63, 3.8) is 0 Å². The number of hydrogen-bond acceptors (Lipinski definition) is 7. The van der Waals surface area contributed by atoms with Crippen molar-refractivity contribution in [2.45, 2.75) is 18.8 Å². The fraction of sp³-hybridized carbons (Fsp3) is 0.250. The average molecular weight is 540 g/mol. The van der Waals surface area contributed by atoms with Crippen molar-refractivity contribution < 1.29 is 50.9 Å². The van der Waals surface area contributed by atoms with Crippen LogP contribution < -0.4 is 5.73 Å². The molecule has 9 nitrogen and oxygen atoms in total. The maximum absolute atomic E-state index is 12.5. The number of aliphatic carboxylic acids is 2. The first-order valence-electron chi connectivity index (χ1n) is 9.44. The molecule has 0 unspecified atom stereocenters. The number of thiazole rings is 1. The average Bonchev–Trinajstić information content (AvgIpc) is 3.16. The maximum atomic E-state index is 12.5. The third-order valence-corrected chi connectivity index (χ3v) is 4.78. The Morgan fingerprint density at radius 1 is 1.00 bits per heavy atom. The lowest BCUT2D eigenvalue weighted by Gasteiger charge is -2.17. The molecule has 16 heteroatoms. The lowest BCUT2D eigenvalue weighted by atomic mass is 10.2. The fourth-order valence-electron chi connectivity index (χ4n) is 2.23. The molecular weight excluding hydrogens is 522 g/mol. The molecule has 0 spiro atoms. The van der Waals surface area contributed by atoms with Gasteiger partial charge in [-0.25, -0.2) is 14.6 Å². The van der Waals surface area contributed by atoms with Crippen LogP contribution in [0, 0.1) is 0 Å². The number of anilines is 1. The van der Waals surface area contributed by atoms with E-state index in [1.807, 2.05) is 30.3 Å². The van der Waals surface area contributed by atoms with Crippen molar-refractivity contribution in [3.05, 3.63) is 53.9 Å². The summed E-state index contributed by atoms with van der Waals surface area (Å²) in [5.41, 5.74) is 8.07. The molecule has 4 N–H and O–H groups in total. The van der Waals surface area contributed by atoms with E-state index in [-0.39, 0.29) is 5.91 Å². The number of alkyl halides is 6. The van der Waals surface area contributed by atoms with E-state index >= 15 is 0 Å². The first-order valence-corrected chi connectivity index (χ1v) is 10.3. The van der Waals surface area contributed by atoms with Gasteiger partial charge in [-0.15, -0.1) is 0 Å². The van der Waals surface area contributed by atoms with Crippen molar-refractivity contribution in [2.75, 3.05) is 19.3 Å². The molecule has 0 radical (unpaired) electrons. The summed E-state index contributed by atoms with van der Waals surface area (Å²) in [5.74, 6) is -5.54. The molecule has 0 aliphatic heterocycles. The lowest BCUT2D eigenvalue weighted by molar-refractivity contribution is -0.193. The number of nitrogen functional groups attached to an aromatic ring is 1. The Bertz CT molecular complexity index is 1160. The number of pyridine rings is 1. The van der Waals surface area contributed by atoms with Gasteiger partial charge in [-0.3, -0.25) is 9.78 Å². The second-order valence-electron chi connectivity index (χ2n) is 6.64. The minimum atomic E-state index is -5.08. The quantitative estimate of drug-likeness (QED) is 0.423. The van der Waals surface area contributed by atoms with E-state index in [2.05, 4.69) is 9.97 Å². The van der Waals surface area contributed by atoms with E-state index in [4.69, 9.17) is 25.5 Å². The van der Waals surface area contributed by atoms with Gasteiger partial charge in [0.15, 0.2) is 5.13 Å². The van der Waals surface area contributed by atoms with Gasteiger partial charge in [-0.1, -0.05) is 17.4 Å². The Morgan fingerprint density at radius 3 is 2.03 bits per heavy atom. The predicted octanol–water partition coefficient (Wildman–Crippen LogP) is 3.85. The van der Waals surface area contributed by atoms with E-state index in [1.54, 1.807) is 24.2 Å². The first-order chi connectivity index (χ1) is 16.5. The number of halogens is 6. The van der Waals surface area contributed by atoms with Crippen LogP contribution in [0.3, 0.4) is 0 Å². The minimum absolute atomic E-state index is 0.0237. The molecule has 1 aromatic carbocycles. The van der Waals surface area contributed by atoms with Crippen molar-refractivity contribution in [3.8, 4) is 0 Å². The van der Waals surface area contributed by atoms with E-state index < -0.39 is 24.3 Å².